The van der Waals surface area contributed by atoms with Crippen molar-refractivity contribution in [2.75, 3.05) is 0 Å². The Kier molecular flexibility index (Phi) is 2.60. The summed E-state index contributed by atoms with van der Waals surface area (Å²) in [5.41, 5.74) is -2.37. The predicted molar refractivity (Wildman–Crippen MR) is 61.0 cm³/mol. The van der Waals surface area contributed by atoms with Gasteiger partial charge in [-0.3, -0.25) is 14.3 Å². The molecule has 0 aliphatic carbocycles. The molecule has 0 amide bonds. The molecule has 0 bridgehead atoms. The molecule has 1 unspecified atom stereocenters. The summed E-state index contributed by atoms with van der Waals surface area (Å²) in [6, 6.07) is 3.10. The minimum absolute atomic E-state index is 0.136. The third-order valence-corrected chi connectivity index (χ3v) is 3.23. The Morgan fingerprint density at radius 2 is 2.37 bits per heavy atom. The van der Waals surface area contributed by atoms with Crippen LogP contribution in [0, 0.1) is 11.3 Å². The fourth-order valence-corrected chi connectivity index (χ4v) is 2.18. The lowest BCUT2D eigenvalue weighted by Crippen LogP contribution is -2.37. The number of aliphatic hydroxyl groups excluding tert-OH is 1. The maximum Gasteiger partial charge on any atom is 0.350 e. The van der Waals surface area contributed by atoms with Gasteiger partial charge in [-0.05, 0) is 0 Å². The van der Waals surface area contributed by atoms with Crippen molar-refractivity contribution in [1.82, 2.24) is 9.55 Å². The van der Waals surface area contributed by atoms with E-state index in [9.17, 15) is 14.7 Å². The van der Waals surface area contributed by atoms with E-state index in [2.05, 4.69) is 4.98 Å². The minimum atomic E-state index is -1.24. The largest absolute Gasteiger partial charge is 0.421 e. The Labute approximate surface area is 107 Å². The smallest absolute Gasteiger partial charge is 0.350 e. The molecule has 2 aliphatic heterocycles. The van der Waals surface area contributed by atoms with E-state index in [1.165, 1.54) is 19.7 Å². The fraction of sp³-hybridized carbons (Fsp3) is 0.500. The van der Waals surface area contributed by atoms with Crippen molar-refractivity contribution in [3.63, 3.8) is 0 Å². The average molecular weight is 262 g/mol. The highest BCUT2D eigenvalue weighted by molar-refractivity contribution is 6.44. The van der Waals surface area contributed by atoms with Gasteiger partial charge in [0.2, 0.25) is 0 Å². The summed E-state index contributed by atoms with van der Waals surface area (Å²) in [4.78, 5) is 24.7. The lowest BCUT2D eigenvalue weighted by atomic mass is 9.82. The van der Waals surface area contributed by atoms with Gasteiger partial charge in [0.15, 0.2) is 5.50 Å². The van der Waals surface area contributed by atoms with Crippen LogP contribution in [0.4, 0.5) is 0 Å². The molecule has 1 radical (unpaired) electrons. The van der Waals surface area contributed by atoms with Crippen molar-refractivity contribution in [2.45, 2.75) is 30.4 Å². The van der Waals surface area contributed by atoms with Crippen LogP contribution in [0.15, 0.2) is 21.9 Å². The number of nitriles is 1. The van der Waals surface area contributed by atoms with Gasteiger partial charge < -0.3 is 14.5 Å². The molecule has 19 heavy (non-hydrogen) atoms. The van der Waals surface area contributed by atoms with Gasteiger partial charge >= 0.3 is 13.2 Å². The van der Waals surface area contributed by atoms with Crippen LogP contribution in [0.3, 0.4) is 0 Å². The zero-order valence-corrected chi connectivity index (χ0v) is 9.65. The van der Waals surface area contributed by atoms with Crippen LogP contribution in [0.25, 0.3) is 0 Å². The number of aromatic nitrogens is 2. The molecule has 1 aromatic heterocycles. The van der Waals surface area contributed by atoms with Crippen molar-refractivity contribution >= 4 is 7.48 Å². The summed E-state index contributed by atoms with van der Waals surface area (Å²) in [6.45, 7) is 0. The Hall–Kier alpha value is -1.89. The number of hydrogen-bond donors (Lipinski definition) is 2. The molecule has 2 fully saturated rings. The van der Waals surface area contributed by atoms with E-state index in [1.807, 2.05) is 6.07 Å². The molecule has 9 heteroatoms. The third-order valence-electron chi connectivity index (χ3n) is 3.23. The molecule has 3 heterocycles. The van der Waals surface area contributed by atoms with Crippen LogP contribution in [0.2, 0.25) is 0 Å². The van der Waals surface area contributed by atoms with Crippen molar-refractivity contribution in [3.05, 3.63) is 33.1 Å². The van der Waals surface area contributed by atoms with Crippen LogP contribution in [-0.2, 0) is 9.39 Å². The number of aliphatic hydroxyl groups is 1. The van der Waals surface area contributed by atoms with Crippen molar-refractivity contribution < 1.29 is 14.5 Å². The molecule has 1 aromatic rings. The first-order valence-electron chi connectivity index (χ1n) is 5.64. The third kappa shape index (κ3) is 1.90. The van der Waals surface area contributed by atoms with Gasteiger partial charge in [0.05, 0.1) is 12.2 Å². The van der Waals surface area contributed by atoms with Crippen LogP contribution in [0.1, 0.15) is 12.6 Å². The maximum atomic E-state index is 11.6. The molecule has 2 N–H and O–H groups in total. The minimum Gasteiger partial charge on any atom is -0.421 e. The molecule has 8 nitrogen and oxygen atoms in total. The van der Waals surface area contributed by atoms with E-state index in [1.54, 1.807) is 0 Å². The first kappa shape index (κ1) is 12.2. The Balaban J connectivity index is 1.87. The van der Waals surface area contributed by atoms with Crippen LogP contribution in [-0.4, -0.2) is 39.8 Å². The topological polar surface area (TPSA) is 121 Å². The molecule has 2 aliphatic rings. The van der Waals surface area contributed by atoms with Gasteiger partial charge in [-0.25, -0.2) is 4.79 Å². The van der Waals surface area contributed by atoms with Gasteiger partial charge in [-0.1, -0.05) is 0 Å². The zero-order chi connectivity index (χ0) is 13.6. The quantitative estimate of drug-likeness (QED) is 0.472. The Morgan fingerprint density at radius 1 is 1.63 bits per heavy atom. The number of nitrogens with zero attached hydrogens (tertiary/aromatic N) is 2. The lowest BCUT2D eigenvalue weighted by molar-refractivity contribution is -0.0475. The lowest BCUT2D eigenvalue weighted by Gasteiger charge is -2.18. The summed E-state index contributed by atoms with van der Waals surface area (Å²) in [5, 5.41) is 18.9. The van der Waals surface area contributed by atoms with E-state index in [-0.39, 0.29) is 6.42 Å². The molecular weight excluding hydrogens is 253 g/mol. The number of rotatable bonds is 2. The highest BCUT2D eigenvalue weighted by Crippen LogP contribution is 2.40. The second kappa shape index (κ2) is 4.06. The van der Waals surface area contributed by atoms with Gasteiger partial charge in [0.25, 0.3) is 5.56 Å². The fourth-order valence-electron chi connectivity index (χ4n) is 2.18. The van der Waals surface area contributed by atoms with E-state index < -0.39 is 35.2 Å². The number of ether oxygens (including phenoxy) is 1. The summed E-state index contributed by atoms with van der Waals surface area (Å²) in [6.07, 6.45) is -1.09. The van der Waals surface area contributed by atoms with Gasteiger partial charge in [0, 0.05) is 18.7 Å². The summed E-state index contributed by atoms with van der Waals surface area (Å²) < 4.78 is 11.6. The van der Waals surface area contributed by atoms with Crippen molar-refractivity contribution in [1.29, 1.82) is 5.26 Å². The summed E-state index contributed by atoms with van der Waals surface area (Å²) >= 11 is 0. The second-order valence-electron chi connectivity index (χ2n) is 4.47. The first-order chi connectivity index (χ1) is 9.05. The molecule has 97 valence electrons. The SMILES string of the molecule is N#CC1([C@H]2O[C@@H](n3ccc(=O)[nH]c3=O)C[C@@H]2O)[B]O1. The molecule has 2 saturated heterocycles. The maximum absolute atomic E-state index is 11.6. The van der Waals surface area contributed by atoms with Gasteiger partial charge in [0.1, 0.15) is 12.3 Å². The van der Waals surface area contributed by atoms with E-state index >= 15 is 0 Å². The number of hydrogen-bond acceptors (Lipinski definition) is 6. The van der Waals surface area contributed by atoms with Gasteiger partial charge in [-0.15, -0.1) is 0 Å². The monoisotopic (exact) mass is 262 g/mol. The van der Waals surface area contributed by atoms with E-state index in [4.69, 9.17) is 14.7 Å². The Bertz CT molecular complexity index is 658. The highest BCUT2D eigenvalue weighted by Gasteiger charge is 2.60. The van der Waals surface area contributed by atoms with Crippen molar-refractivity contribution in [2.24, 2.45) is 0 Å². The Morgan fingerprint density at radius 3 is 2.95 bits per heavy atom. The van der Waals surface area contributed by atoms with Crippen molar-refractivity contribution in [3.8, 4) is 6.07 Å². The molecule has 0 saturated carbocycles. The number of aromatic amines is 1. The zero-order valence-electron chi connectivity index (χ0n) is 9.65. The van der Waals surface area contributed by atoms with E-state index in [0.717, 1.165) is 4.57 Å². The standard InChI is InChI=1S/C10H9BN3O5/c12-4-10(11-19-10)8-5(15)3-7(18-8)14-2-1-6(16)13-9(14)17/h1-2,5,7-8,15H,3H2,(H,13,16,17)/t5-,7+,8-,10?/m0/s1. The molecule has 3 rings (SSSR count). The number of H-pyrrole nitrogens is 1. The molecule has 0 aromatic carbocycles. The molecule has 0 spiro atoms. The summed E-state index contributed by atoms with van der Waals surface area (Å²) in [5.74, 6) is 0. The predicted octanol–water partition coefficient (Wildman–Crippen LogP) is -1.95. The molecular formula is C10H9BN3O5. The average Bonchev–Trinajstić information content (AvgIpc) is 3.07. The second-order valence-corrected chi connectivity index (χ2v) is 4.47. The highest BCUT2D eigenvalue weighted by atomic mass is 16.6. The molecule has 4 atom stereocenters. The summed E-state index contributed by atoms with van der Waals surface area (Å²) in [7, 11) is 1.29. The van der Waals surface area contributed by atoms with Crippen LogP contribution >= 0.6 is 0 Å². The first-order valence-corrected chi connectivity index (χ1v) is 5.64. The van der Waals surface area contributed by atoms with Crippen LogP contribution < -0.4 is 11.2 Å². The van der Waals surface area contributed by atoms with E-state index in [0.29, 0.717) is 0 Å². The van der Waals surface area contributed by atoms with Crippen LogP contribution in [0.5, 0.6) is 0 Å². The normalized spacial score (nSPS) is 36.5. The number of nitrogens with one attached hydrogen (secondary N) is 1. The van der Waals surface area contributed by atoms with Gasteiger partial charge in [-0.2, -0.15) is 5.26 Å².